The van der Waals surface area contributed by atoms with Gasteiger partial charge in [-0.2, -0.15) is 11.8 Å². The molecule has 0 radical (unpaired) electrons. The van der Waals surface area contributed by atoms with E-state index in [2.05, 4.69) is 16.1 Å². The van der Waals surface area contributed by atoms with Crippen LogP contribution in [0.5, 0.6) is 0 Å². The van der Waals surface area contributed by atoms with Gasteiger partial charge in [0.1, 0.15) is 9.64 Å². The van der Waals surface area contributed by atoms with Crippen molar-refractivity contribution in [3.8, 4) is 0 Å². The Morgan fingerprint density at radius 1 is 1.44 bits per heavy atom. The first-order chi connectivity index (χ1) is 8.61. The van der Waals surface area contributed by atoms with Gasteiger partial charge in [-0.1, -0.05) is 40.9 Å². The number of pyridine rings is 1. The summed E-state index contributed by atoms with van der Waals surface area (Å²) in [7, 11) is 0. The third-order valence-corrected chi connectivity index (χ3v) is 3.43. The molecule has 0 aliphatic carbocycles. The fourth-order valence-corrected chi connectivity index (χ4v) is 2.10. The number of aromatic nitrogens is 1. The molecule has 1 aromatic heterocycles. The second kappa shape index (κ2) is 9.05. The molecule has 2 nitrogen and oxygen atoms in total. The van der Waals surface area contributed by atoms with Crippen molar-refractivity contribution in [3.05, 3.63) is 39.6 Å². The van der Waals surface area contributed by atoms with Gasteiger partial charge >= 0.3 is 0 Å². The van der Waals surface area contributed by atoms with Crippen molar-refractivity contribution in [2.75, 3.05) is 25.1 Å². The van der Waals surface area contributed by atoms with Crippen molar-refractivity contribution in [1.82, 2.24) is 9.88 Å². The summed E-state index contributed by atoms with van der Waals surface area (Å²) in [5.41, 5.74) is 1.12. The van der Waals surface area contributed by atoms with Crippen LogP contribution in [0.3, 0.4) is 0 Å². The monoisotopic (exact) mass is 324 g/mol. The summed E-state index contributed by atoms with van der Waals surface area (Å²) in [6.45, 7) is 2.51. The summed E-state index contributed by atoms with van der Waals surface area (Å²) in [6.07, 6.45) is 5.68. The van der Waals surface area contributed by atoms with Crippen LogP contribution >= 0.6 is 46.6 Å². The van der Waals surface area contributed by atoms with Crippen LogP contribution in [-0.4, -0.2) is 35.0 Å². The van der Waals surface area contributed by atoms with E-state index in [1.54, 1.807) is 18.3 Å². The van der Waals surface area contributed by atoms with Crippen molar-refractivity contribution >= 4 is 46.6 Å². The van der Waals surface area contributed by atoms with Gasteiger partial charge in [0.15, 0.2) is 0 Å². The molecule has 0 amide bonds. The molecule has 0 aromatic carbocycles. The summed E-state index contributed by atoms with van der Waals surface area (Å²) in [5.74, 6) is 1.06. The molecule has 0 aliphatic rings. The molecule has 0 N–H and O–H groups in total. The lowest BCUT2D eigenvalue weighted by atomic mass is 10.2. The summed E-state index contributed by atoms with van der Waals surface area (Å²) in [4.78, 5) is 6.33. The van der Waals surface area contributed by atoms with Crippen LogP contribution in [0.25, 0.3) is 0 Å². The Bertz CT molecular complexity index is 377. The lowest BCUT2D eigenvalue weighted by Crippen LogP contribution is -2.26. The first-order valence-electron chi connectivity index (χ1n) is 5.44. The lowest BCUT2D eigenvalue weighted by Gasteiger charge is -2.20. The fraction of sp³-hybridized carbons (Fsp3) is 0.417. The number of nitrogens with zero attached hydrogens (tertiary/aromatic N) is 2. The molecule has 100 valence electrons. The van der Waals surface area contributed by atoms with Crippen LogP contribution in [-0.2, 0) is 6.54 Å². The van der Waals surface area contributed by atoms with Crippen LogP contribution < -0.4 is 0 Å². The van der Waals surface area contributed by atoms with E-state index >= 15 is 0 Å². The highest BCUT2D eigenvalue weighted by molar-refractivity contribution is 7.98. The Morgan fingerprint density at radius 2 is 2.22 bits per heavy atom. The smallest absolute Gasteiger partial charge is 0.129 e. The van der Waals surface area contributed by atoms with E-state index in [-0.39, 0.29) is 0 Å². The van der Waals surface area contributed by atoms with Gasteiger partial charge in [0.25, 0.3) is 0 Å². The first kappa shape index (κ1) is 16.1. The molecule has 0 atom stereocenters. The van der Waals surface area contributed by atoms with Crippen molar-refractivity contribution in [2.45, 2.75) is 6.54 Å². The summed E-state index contributed by atoms with van der Waals surface area (Å²) < 4.78 is 0.304. The van der Waals surface area contributed by atoms with Gasteiger partial charge in [-0.3, -0.25) is 4.90 Å². The van der Waals surface area contributed by atoms with Gasteiger partial charge in [-0.25, -0.2) is 4.98 Å². The highest BCUT2D eigenvalue weighted by Gasteiger charge is 2.05. The maximum Gasteiger partial charge on any atom is 0.129 e. The van der Waals surface area contributed by atoms with E-state index in [1.807, 2.05) is 17.8 Å². The molecule has 1 heterocycles. The maximum absolute atomic E-state index is 5.76. The third-order valence-electron chi connectivity index (χ3n) is 2.31. The SMILES string of the molecule is CSCCN(CC=C(Cl)Cl)Cc1ccc(Cl)nc1. The minimum atomic E-state index is 0.304. The van der Waals surface area contributed by atoms with Crippen LogP contribution in [0.1, 0.15) is 5.56 Å². The van der Waals surface area contributed by atoms with Gasteiger partial charge in [-0.15, -0.1) is 0 Å². The Labute approximate surface area is 127 Å². The molecule has 1 aromatic rings. The zero-order chi connectivity index (χ0) is 13.4. The highest BCUT2D eigenvalue weighted by atomic mass is 35.5. The van der Waals surface area contributed by atoms with E-state index in [1.165, 1.54) is 0 Å². The Kier molecular flexibility index (Phi) is 8.11. The molecule has 0 bridgehead atoms. The number of halogens is 3. The summed E-state index contributed by atoms with van der Waals surface area (Å²) >= 11 is 18.9. The molecule has 18 heavy (non-hydrogen) atoms. The predicted octanol–water partition coefficient (Wildman–Crippen LogP) is 4.22. The average Bonchev–Trinajstić information content (AvgIpc) is 2.35. The van der Waals surface area contributed by atoms with Crippen molar-refractivity contribution < 1.29 is 0 Å². The minimum absolute atomic E-state index is 0.304. The standard InChI is InChI=1S/C12H15Cl3N2S/c1-18-7-6-17(5-4-11(13)14)9-10-2-3-12(15)16-8-10/h2-4,8H,5-7,9H2,1H3. The lowest BCUT2D eigenvalue weighted by molar-refractivity contribution is 0.313. The normalized spacial score (nSPS) is 10.7. The van der Waals surface area contributed by atoms with Gasteiger partial charge in [0, 0.05) is 31.6 Å². The molecule has 0 spiro atoms. The Balaban J connectivity index is 2.59. The van der Waals surface area contributed by atoms with Gasteiger partial charge in [0.05, 0.1) is 0 Å². The van der Waals surface area contributed by atoms with Crippen molar-refractivity contribution in [2.24, 2.45) is 0 Å². The number of thioether (sulfide) groups is 1. The average molecular weight is 326 g/mol. The molecular formula is C12H15Cl3N2S. The van der Waals surface area contributed by atoms with Gasteiger partial charge in [-0.05, 0) is 24.0 Å². The third kappa shape index (κ3) is 6.86. The van der Waals surface area contributed by atoms with Crippen LogP contribution in [0.15, 0.2) is 28.9 Å². The molecule has 0 unspecified atom stereocenters. The van der Waals surface area contributed by atoms with Crippen LogP contribution in [0, 0.1) is 0 Å². The summed E-state index contributed by atoms with van der Waals surface area (Å²) in [6, 6.07) is 3.78. The van der Waals surface area contributed by atoms with Gasteiger partial charge in [0.2, 0.25) is 0 Å². The minimum Gasteiger partial charge on any atom is -0.294 e. The fourth-order valence-electron chi connectivity index (χ4n) is 1.41. The maximum atomic E-state index is 5.76. The van der Waals surface area contributed by atoms with E-state index < -0.39 is 0 Å². The number of hydrogen-bond acceptors (Lipinski definition) is 3. The Hall–Kier alpha value is 0.0700. The topological polar surface area (TPSA) is 16.1 Å². The number of rotatable bonds is 7. The van der Waals surface area contributed by atoms with E-state index in [0.29, 0.717) is 9.64 Å². The second-order valence-electron chi connectivity index (χ2n) is 3.71. The van der Waals surface area contributed by atoms with Crippen molar-refractivity contribution in [1.29, 1.82) is 0 Å². The zero-order valence-corrected chi connectivity index (χ0v) is 13.2. The largest absolute Gasteiger partial charge is 0.294 e. The molecule has 0 saturated heterocycles. The molecule has 0 aliphatic heterocycles. The highest BCUT2D eigenvalue weighted by Crippen LogP contribution is 2.11. The molecule has 6 heteroatoms. The Morgan fingerprint density at radius 3 is 2.78 bits per heavy atom. The van der Waals surface area contributed by atoms with Crippen molar-refractivity contribution in [3.63, 3.8) is 0 Å². The molecule has 0 saturated carbocycles. The van der Waals surface area contributed by atoms with Crippen LogP contribution in [0.4, 0.5) is 0 Å². The van der Waals surface area contributed by atoms with Gasteiger partial charge < -0.3 is 0 Å². The molecular weight excluding hydrogens is 311 g/mol. The van der Waals surface area contributed by atoms with E-state index in [9.17, 15) is 0 Å². The first-order valence-corrected chi connectivity index (χ1v) is 7.97. The molecule has 1 rings (SSSR count). The number of hydrogen-bond donors (Lipinski definition) is 0. The quantitative estimate of drug-likeness (QED) is 0.698. The molecule has 0 fully saturated rings. The predicted molar refractivity (Wildman–Crippen MR) is 82.7 cm³/mol. The zero-order valence-electron chi connectivity index (χ0n) is 10.1. The van der Waals surface area contributed by atoms with E-state index in [0.717, 1.165) is 31.0 Å². The van der Waals surface area contributed by atoms with Crippen LogP contribution in [0.2, 0.25) is 5.15 Å². The second-order valence-corrected chi connectivity index (χ2v) is 6.09. The summed E-state index contributed by atoms with van der Waals surface area (Å²) in [5, 5.41) is 0.512. The van der Waals surface area contributed by atoms with E-state index in [4.69, 9.17) is 34.8 Å².